The molecule has 0 fully saturated rings. The number of hydrogen-bond donors (Lipinski definition) is 1. The number of sulfonamides is 1. The van der Waals surface area contributed by atoms with Crippen LogP contribution in [-0.2, 0) is 19.9 Å². The normalized spacial score (nSPS) is 13.4. The van der Waals surface area contributed by atoms with Crippen LogP contribution in [0.2, 0.25) is 0 Å². The van der Waals surface area contributed by atoms with Gasteiger partial charge in [-0.2, -0.15) is 0 Å². The molecule has 0 aromatic heterocycles. The molecule has 10 heteroatoms. The van der Waals surface area contributed by atoms with Gasteiger partial charge in [-0.05, 0) is 42.8 Å². The summed E-state index contributed by atoms with van der Waals surface area (Å²) in [4.78, 5) is 12.0. The minimum absolute atomic E-state index is 0.0126. The predicted molar refractivity (Wildman–Crippen MR) is 103 cm³/mol. The molecule has 0 aliphatic carbocycles. The van der Waals surface area contributed by atoms with Gasteiger partial charge in [0, 0.05) is 25.9 Å². The fourth-order valence-electron chi connectivity index (χ4n) is 2.41. The number of amides is 1. The Balaban J connectivity index is 2.25. The second kappa shape index (κ2) is 7.98. The lowest BCUT2D eigenvalue weighted by Gasteiger charge is -2.16. The molecule has 2 rings (SSSR count). The van der Waals surface area contributed by atoms with Gasteiger partial charge in [-0.3, -0.25) is 4.79 Å². The molecule has 0 aliphatic heterocycles. The summed E-state index contributed by atoms with van der Waals surface area (Å²) in [5, 5.41) is 2.68. The Hall–Kier alpha value is -2.30. The summed E-state index contributed by atoms with van der Waals surface area (Å²) < 4.78 is 62.2. The Kier molecular flexibility index (Phi) is 6.27. The Morgan fingerprint density at radius 1 is 1.04 bits per heavy atom. The highest BCUT2D eigenvalue weighted by molar-refractivity contribution is 7.90. The van der Waals surface area contributed by atoms with E-state index >= 15 is 0 Å². The van der Waals surface area contributed by atoms with Gasteiger partial charge in [-0.1, -0.05) is 12.1 Å². The maximum Gasteiger partial charge on any atom is 0.251 e. The summed E-state index contributed by atoms with van der Waals surface area (Å²) in [5.41, 5.74) is 0.644. The summed E-state index contributed by atoms with van der Waals surface area (Å²) in [6.45, 7) is 1.69. The van der Waals surface area contributed by atoms with Gasteiger partial charge < -0.3 is 5.32 Å². The van der Waals surface area contributed by atoms with Crippen molar-refractivity contribution < 1.29 is 26.0 Å². The molecule has 7 nitrogen and oxygen atoms in total. The van der Waals surface area contributed by atoms with E-state index in [4.69, 9.17) is 0 Å². The number of rotatable bonds is 6. The predicted octanol–water partition coefficient (Wildman–Crippen LogP) is 1.97. The van der Waals surface area contributed by atoms with E-state index in [9.17, 15) is 26.0 Å². The zero-order valence-electron chi connectivity index (χ0n) is 15.8. The molecule has 0 saturated carbocycles. The van der Waals surface area contributed by atoms with Crippen LogP contribution in [0.15, 0.2) is 52.3 Å². The number of halogens is 1. The van der Waals surface area contributed by atoms with Crippen molar-refractivity contribution >= 4 is 25.8 Å². The van der Waals surface area contributed by atoms with E-state index in [1.165, 1.54) is 32.3 Å². The molecule has 0 spiro atoms. The lowest BCUT2D eigenvalue weighted by Crippen LogP contribution is -2.28. The molecule has 28 heavy (non-hydrogen) atoms. The van der Waals surface area contributed by atoms with Crippen molar-refractivity contribution in [3.05, 3.63) is 59.4 Å². The van der Waals surface area contributed by atoms with Crippen molar-refractivity contribution in [2.45, 2.75) is 22.8 Å². The van der Waals surface area contributed by atoms with Gasteiger partial charge >= 0.3 is 0 Å². The fraction of sp³-hybridized carbons (Fsp3) is 0.278. The van der Waals surface area contributed by atoms with Crippen molar-refractivity contribution in [1.82, 2.24) is 9.62 Å². The molecular weight excluding hydrogens is 407 g/mol. The van der Waals surface area contributed by atoms with Crippen LogP contribution in [0.1, 0.15) is 28.9 Å². The molecule has 1 amide bonds. The van der Waals surface area contributed by atoms with Crippen molar-refractivity contribution in [3.8, 4) is 0 Å². The molecule has 0 radical (unpaired) electrons. The minimum atomic E-state index is -4.04. The van der Waals surface area contributed by atoms with Crippen LogP contribution in [0, 0.1) is 5.82 Å². The molecule has 1 unspecified atom stereocenters. The quantitative estimate of drug-likeness (QED) is 0.758. The van der Waals surface area contributed by atoms with E-state index in [2.05, 4.69) is 5.32 Å². The van der Waals surface area contributed by atoms with Gasteiger partial charge in [0.15, 0.2) is 9.84 Å². The van der Waals surface area contributed by atoms with Crippen LogP contribution in [-0.4, -0.2) is 47.4 Å². The van der Waals surface area contributed by atoms with Crippen LogP contribution in [0.4, 0.5) is 4.39 Å². The topological polar surface area (TPSA) is 101 Å². The zero-order chi connectivity index (χ0) is 21.3. The first-order valence-electron chi connectivity index (χ1n) is 8.17. The lowest BCUT2D eigenvalue weighted by atomic mass is 10.1. The van der Waals surface area contributed by atoms with Gasteiger partial charge in [-0.15, -0.1) is 0 Å². The third-order valence-corrected chi connectivity index (χ3v) is 7.07. The summed E-state index contributed by atoms with van der Waals surface area (Å²) in [6, 6.07) is 8.65. The lowest BCUT2D eigenvalue weighted by molar-refractivity contribution is 0.0939. The first kappa shape index (κ1) is 22.0. The molecule has 2 aromatic carbocycles. The molecule has 2 aromatic rings. The van der Waals surface area contributed by atoms with Crippen molar-refractivity contribution in [2.75, 3.05) is 20.4 Å². The second-order valence-corrected chi connectivity index (χ2v) is 10.6. The Morgan fingerprint density at radius 2 is 1.61 bits per heavy atom. The average molecular weight is 429 g/mol. The molecule has 1 atom stereocenters. The van der Waals surface area contributed by atoms with Crippen LogP contribution in [0.3, 0.4) is 0 Å². The minimum Gasteiger partial charge on any atom is -0.346 e. The first-order valence-corrected chi connectivity index (χ1v) is 11.5. The van der Waals surface area contributed by atoms with E-state index in [0.29, 0.717) is 5.56 Å². The number of benzene rings is 2. The van der Waals surface area contributed by atoms with Gasteiger partial charge in [0.05, 0.1) is 10.9 Å². The number of sulfone groups is 1. The van der Waals surface area contributed by atoms with Gasteiger partial charge in [-0.25, -0.2) is 25.5 Å². The number of carbonyl (C=O) groups is 1. The van der Waals surface area contributed by atoms with Crippen LogP contribution in [0.25, 0.3) is 0 Å². The number of nitrogens with zero attached hydrogens (tertiary/aromatic N) is 1. The third kappa shape index (κ3) is 4.75. The summed E-state index contributed by atoms with van der Waals surface area (Å²) >= 11 is 0. The average Bonchev–Trinajstić information content (AvgIpc) is 2.61. The Bertz CT molecular complexity index is 1100. The van der Waals surface area contributed by atoms with Gasteiger partial charge in [0.25, 0.3) is 5.91 Å². The van der Waals surface area contributed by atoms with Crippen LogP contribution in [0.5, 0.6) is 0 Å². The third-order valence-electron chi connectivity index (χ3n) is 4.11. The maximum atomic E-state index is 14.0. The standard InChI is InChI=1S/C18H21FN2O5S2/c1-12(13-5-8-15(9-6-13)27(4,23)24)20-18(22)14-7-10-16(19)17(11-14)28(25,26)21(2)3/h5-12H,1-4H3,(H,20,22). The van der Waals surface area contributed by atoms with E-state index in [-0.39, 0.29) is 10.5 Å². The SMILES string of the molecule is CC(NC(=O)c1ccc(F)c(S(=O)(=O)N(C)C)c1)c1ccc(S(C)(=O)=O)cc1. The molecular formula is C18H21FN2O5S2. The van der Waals surface area contributed by atoms with E-state index in [1.807, 2.05) is 0 Å². The van der Waals surface area contributed by atoms with Gasteiger partial charge in [0.2, 0.25) is 10.0 Å². The highest BCUT2D eigenvalue weighted by Crippen LogP contribution is 2.21. The smallest absolute Gasteiger partial charge is 0.251 e. The van der Waals surface area contributed by atoms with Crippen molar-refractivity contribution in [3.63, 3.8) is 0 Å². The summed E-state index contributed by atoms with van der Waals surface area (Å²) in [6.07, 6.45) is 1.10. The molecule has 0 aliphatic rings. The van der Waals surface area contributed by atoms with E-state index in [0.717, 1.165) is 22.7 Å². The molecule has 0 saturated heterocycles. The second-order valence-electron chi connectivity index (χ2n) is 6.47. The van der Waals surface area contributed by atoms with E-state index < -0.39 is 42.5 Å². The Labute approximate surface area is 164 Å². The van der Waals surface area contributed by atoms with Crippen molar-refractivity contribution in [1.29, 1.82) is 0 Å². The fourth-order valence-corrected chi connectivity index (χ4v) is 4.02. The maximum absolute atomic E-state index is 14.0. The molecule has 0 bridgehead atoms. The van der Waals surface area contributed by atoms with Crippen LogP contribution < -0.4 is 5.32 Å². The summed E-state index contributed by atoms with van der Waals surface area (Å²) in [7, 11) is -4.83. The highest BCUT2D eigenvalue weighted by atomic mass is 32.2. The summed E-state index contributed by atoms with van der Waals surface area (Å²) in [5.74, 6) is -1.54. The first-order chi connectivity index (χ1) is 12.8. The molecule has 152 valence electrons. The van der Waals surface area contributed by atoms with E-state index in [1.54, 1.807) is 19.1 Å². The molecule has 0 heterocycles. The number of carbonyl (C=O) groups excluding carboxylic acids is 1. The Morgan fingerprint density at radius 3 is 2.11 bits per heavy atom. The monoisotopic (exact) mass is 428 g/mol. The molecule has 1 N–H and O–H groups in total. The van der Waals surface area contributed by atoms with Crippen molar-refractivity contribution in [2.24, 2.45) is 0 Å². The highest BCUT2D eigenvalue weighted by Gasteiger charge is 2.24. The van der Waals surface area contributed by atoms with Gasteiger partial charge in [0.1, 0.15) is 10.7 Å². The number of nitrogens with one attached hydrogen (secondary N) is 1. The van der Waals surface area contributed by atoms with Crippen LogP contribution >= 0.6 is 0 Å². The largest absolute Gasteiger partial charge is 0.346 e. The zero-order valence-corrected chi connectivity index (χ0v) is 17.4. The number of hydrogen-bond acceptors (Lipinski definition) is 5.